The summed E-state index contributed by atoms with van der Waals surface area (Å²) in [6, 6.07) is 13.8. The molecule has 7 nitrogen and oxygen atoms in total. The number of carbonyl (C=O) groups excluding carboxylic acids is 4. The van der Waals surface area contributed by atoms with E-state index in [0.29, 0.717) is 16.3 Å². The maximum Gasteiger partial charge on any atom is 0.338 e. The molecule has 1 aliphatic heterocycles. The molecular formula is C24H16ClFN2O5. The molecule has 0 bridgehead atoms. The van der Waals surface area contributed by atoms with Crippen molar-refractivity contribution in [2.75, 3.05) is 16.8 Å². The predicted octanol–water partition coefficient (Wildman–Crippen LogP) is 4.38. The van der Waals surface area contributed by atoms with Crippen molar-refractivity contribution in [1.29, 1.82) is 0 Å². The number of nitrogens with one attached hydrogen (secondary N) is 1. The highest BCUT2D eigenvalue weighted by Crippen LogP contribution is 2.29. The fourth-order valence-corrected chi connectivity index (χ4v) is 3.51. The van der Waals surface area contributed by atoms with Gasteiger partial charge in [-0.2, -0.15) is 0 Å². The molecule has 9 heteroatoms. The number of imide groups is 1. The lowest BCUT2D eigenvalue weighted by Crippen LogP contribution is -2.29. The molecule has 0 atom stereocenters. The van der Waals surface area contributed by atoms with Gasteiger partial charge in [-0.15, -0.1) is 0 Å². The Bertz CT molecular complexity index is 1310. The van der Waals surface area contributed by atoms with E-state index in [9.17, 15) is 23.6 Å². The molecule has 0 aromatic heterocycles. The molecule has 166 valence electrons. The number of esters is 1. The van der Waals surface area contributed by atoms with Crippen LogP contribution in [0.3, 0.4) is 0 Å². The van der Waals surface area contributed by atoms with Crippen molar-refractivity contribution in [2.45, 2.75) is 6.92 Å². The number of carbonyl (C=O) groups is 4. The van der Waals surface area contributed by atoms with Gasteiger partial charge in [0.1, 0.15) is 5.82 Å². The maximum absolute atomic E-state index is 13.2. The third-order valence-electron chi connectivity index (χ3n) is 5.08. The van der Waals surface area contributed by atoms with Gasteiger partial charge in [0, 0.05) is 10.7 Å². The zero-order valence-electron chi connectivity index (χ0n) is 17.2. The zero-order valence-corrected chi connectivity index (χ0v) is 18.0. The number of fused-ring (bicyclic) bond motifs is 1. The van der Waals surface area contributed by atoms with Gasteiger partial charge in [0.15, 0.2) is 6.61 Å². The van der Waals surface area contributed by atoms with Crippen LogP contribution < -0.4 is 10.2 Å². The second-order valence-corrected chi connectivity index (χ2v) is 7.63. The minimum Gasteiger partial charge on any atom is -0.452 e. The quantitative estimate of drug-likeness (QED) is 0.445. The third kappa shape index (κ3) is 4.33. The molecule has 3 aromatic rings. The van der Waals surface area contributed by atoms with Crippen molar-refractivity contribution in [1.82, 2.24) is 0 Å². The molecule has 0 spiro atoms. The highest BCUT2D eigenvalue weighted by Gasteiger charge is 2.37. The minimum absolute atomic E-state index is 0.00240. The molecule has 1 aliphatic rings. The molecule has 0 unspecified atom stereocenters. The second-order valence-electron chi connectivity index (χ2n) is 7.22. The normalized spacial score (nSPS) is 12.5. The number of ether oxygens (including phenoxy) is 1. The molecule has 1 heterocycles. The van der Waals surface area contributed by atoms with Crippen molar-refractivity contribution in [3.63, 3.8) is 0 Å². The largest absolute Gasteiger partial charge is 0.452 e. The number of hydrogen-bond acceptors (Lipinski definition) is 5. The van der Waals surface area contributed by atoms with E-state index in [-0.39, 0.29) is 22.4 Å². The summed E-state index contributed by atoms with van der Waals surface area (Å²) in [4.78, 5) is 50.9. The summed E-state index contributed by atoms with van der Waals surface area (Å²) in [5.41, 5.74) is 1.49. The molecule has 0 fully saturated rings. The van der Waals surface area contributed by atoms with Gasteiger partial charge in [-0.3, -0.25) is 14.4 Å². The Morgan fingerprint density at radius 3 is 2.42 bits per heavy atom. The number of rotatable bonds is 5. The third-order valence-corrected chi connectivity index (χ3v) is 5.49. The standard InChI is InChI=1S/C24H16ClFN2O5/c1-13-19(25)3-2-4-20(13)27-21(29)12-33-24(32)14-5-10-17-18(11-14)23(31)28(22(17)30)16-8-6-15(26)7-9-16/h2-11H,12H2,1H3,(H,27,29). The van der Waals surface area contributed by atoms with Crippen LogP contribution in [0.5, 0.6) is 0 Å². The van der Waals surface area contributed by atoms with Crippen LogP contribution in [0.15, 0.2) is 60.7 Å². The Balaban J connectivity index is 1.45. The van der Waals surface area contributed by atoms with Crippen LogP contribution in [-0.2, 0) is 9.53 Å². The molecule has 3 aromatic carbocycles. The summed E-state index contributed by atoms with van der Waals surface area (Å²) < 4.78 is 18.2. The monoisotopic (exact) mass is 466 g/mol. The van der Waals surface area contributed by atoms with Crippen molar-refractivity contribution in [3.05, 3.63) is 93.8 Å². The molecule has 0 saturated heterocycles. The molecule has 0 aliphatic carbocycles. The van der Waals surface area contributed by atoms with Crippen molar-refractivity contribution in [3.8, 4) is 0 Å². The van der Waals surface area contributed by atoms with Crippen LogP contribution in [0, 0.1) is 12.7 Å². The summed E-state index contributed by atoms with van der Waals surface area (Å²) in [6.07, 6.45) is 0. The number of amides is 3. The van der Waals surface area contributed by atoms with Crippen LogP contribution in [0.2, 0.25) is 5.02 Å². The molecule has 0 radical (unpaired) electrons. The first-order chi connectivity index (χ1) is 15.8. The summed E-state index contributed by atoms with van der Waals surface area (Å²) in [5, 5.41) is 3.09. The zero-order chi connectivity index (χ0) is 23.7. The van der Waals surface area contributed by atoms with E-state index in [1.807, 2.05) is 0 Å². The van der Waals surface area contributed by atoms with E-state index < -0.39 is 36.1 Å². The second kappa shape index (κ2) is 8.84. The average molecular weight is 467 g/mol. The van der Waals surface area contributed by atoms with Crippen LogP contribution in [0.25, 0.3) is 0 Å². The molecule has 33 heavy (non-hydrogen) atoms. The number of hydrogen-bond donors (Lipinski definition) is 1. The molecular weight excluding hydrogens is 451 g/mol. The fraction of sp³-hybridized carbons (Fsp3) is 0.0833. The van der Waals surface area contributed by atoms with Crippen LogP contribution in [0.1, 0.15) is 36.6 Å². The minimum atomic E-state index is -0.837. The first kappa shape index (κ1) is 22.2. The lowest BCUT2D eigenvalue weighted by Gasteiger charge is -2.13. The van der Waals surface area contributed by atoms with Crippen molar-refractivity contribution >= 4 is 46.7 Å². The van der Waals surface area contributed by atoms with Gasteiger partial charge in [0.25, 0.3) is 17.7 Å². The van der Waals surface area contributed by atoms with E-state index in [0.717, 1.165) is 17.0 Å². The number of benzene rings is 3. The first-order valence-corrected chi connectivity index (χ1v) is 10.1. The van der Waals surface area contributed by atoms with Gasteiger partial charge >= 0.3 is 5.97 Å². The molecule has 3 amide bonds. The van der Waals surface area contributed by atoms with E-state index in [4.69, 9.17) is 16.3 Å². The summed E-state index contributed by atoms with van der Waals surface area (Å²) >= 11 is 6.02. The van der Waals surface area contributed by atoms with E-state index >= 15 is 0 Å². The Morgan fingerprint density at radius 1 is 1.00 bits per heavy atom. The van der Waals surface area contributed by atoms with Gasteiger partial charge in [-0.1, -0.05) is 17.7 Å². The van der Waals surface area contributed by atoms with Gasteiger partial charge < -0.3 is 10.1 Å². The molecule has 1 N–H and O–H groups in total. The SMILES string of the molecule is Cc1c(Cl)cccc1NC(=O)COC(=O)c1ccc2c(c1)C(=O)N(c1ccc(F)cc1)C2=O. The van der Waals surface area contributed by atoms with Gasteiger partial charge in [-0.05, 0) is 67.1 Å². The van der Waals surface area contributed by atoms with E-state index in [2.05, 4.69) is 5.32 Å². The maximum atomic E-state index is 13.2. The highest BCUT2D eigenvalue weighted by atomic mass is 35.5. The topological polar surface area (TPSA) is 92.8 Å². The fourth-order valence-electron chi connectivity index (χ4n) is 3.34. The van der Waals surface area contributed by atoms with Gasteiger partial charge in [0.2, 0.25) is 0 Å². The summed E-state index contributed by atoms with van der Waals surface area (Å²) in [6.45, 7) is 1.18. The predicted molar refractivity (Wildman–Crippen MR) is 119 cm³/mol. The highest BCUT2D eigenvalue weighted by molar-refractivity contribution is 6.34. The van der Waals surface area contributed by atoms with Crippen LogP contribution >= 0.6 is 11.6 Å². The number of halogens is 2. The molecule has 4 rings (SSSR count). The lowest BCUT2D eigenvalue weighted by molar-refractivity contribution is -0.119. The van der Waals surface area contributed by atoms with Crippen molar-refractivity contribution < 1.29 is 28.3 Å². The Hall–Kier alpha value is -4.04. The lowest BCUT2D eigenvalue weighted by atomic mass is 10.1. The van der Waals surface area contributed by atoms with Crippen LogP contribution in [0.4, 0.5) is 15.8 Å². The first-order valence-electron chi connectivity index (χ1n) is 9.77. The molecule has 0 saturated carbocycles. The number of nitrogens with zero attached hydrogens (tertiary/aromatic N) is 1. The van der Waals surface area contributed by atoms with Gasteiger partial charge in [-0.25, -0.2) is 14.1 Å². The summed E-state index contributed by atoms with van der Waals surface area (Å²) in [7, 11) is 0. The Labute approximate surface area is 192 Å². The number of anilines is 2. The average Bonchev–Trinajstić information content (AvgIpc) is 3.05. The van der Waals surface area contributed by atoms with Crippen molar-refractivity contribution in [2.24, 2.45) is 0 Å². The smallest absolute Gasteiger partial charge is 0.338 e. The Morgan fingerprint density at radius 2 is 1.70 bits per heavy atom. The van der Waals surface area contributed by atoms with E-state index in [1.54, 1.807) is 25.1 Å². The Kier molecular flexibility index (Phi) is 5.93. The summed E-state index contributed by atoms with van der Waals surface area (Å²) in [5.74, 6) is -3.14. The van der Waals surface area contributed by atoms with Gasteiger partial charge in [0.05, 0.1) is 22.4 Å². The van der Waals surface area contributed by atoms with Crippen LogP contribution in [-0.4, -0.2) is 30.3 Å². The van der Waals surface area contributed by atoms with E-state index in [1.165, 1.54) is 30.3 Å².